The number of phenols is 2. The smallest absolute Gasteiger partial charge is 0.123 e. The van der Waals surface area contributed by atoms with Crippen LogP contribution in [0.3, 0.4) is 0 Å². The van der Waals surface area contributed by atoms with Gasteiger partial charge in [0.15, 0.2) is 0 Å². The molecule has 2 nitrogen and oxygen atoms in total. The molecule has 0 aliphatic heterocycles. The van der Waals surface area contributed by atoms with Crippen LogP contribution >= 0.6 is 0 Å². The topological polar surface area (TPSA) is 40.5 Å². The van der Waals surface area contributed by atoms with E-state index in [0.29, 0.717) is 11.5 Å². The Kier molecular flexibility index (Phi) is 2.90. The molecule has 1 unspecified atom stereocenters. The van der Waals surface area contributed by atoms with E-state index in [2.05, 4.69) is 12.2 Å². The molecule has 0 saturated heterocycles. The van der Waals surface area contributed by atoms with Crippen LogP contribution in [0.15, 0.2) is 24.3 Å². The quantitative estimate of drug-likeness (QED) is 0.722. The van der Waals surface area contributed by atoms with Crippen LogP contribution in [0.1, 0.15) is 50.7 Å². The summed E-state index contributed by atoms with van der Waals surface area (Å²) in [6.07, 6.45) is 6.43. The van der Waals surface area contributed by atoms with Gasteiger partial charge in [0.2, 0.25) is 0 Å². The van der Waals surface area contributed by atoms with Crippen molar-refractivity contribution in [3.05, 3.63) is 35.4 Å². The van der Waals surface area contributed by atoms with E-state index in [9.17, 15) is 10.2 Å². The molecular weight excluding hydrogens is 212 g/mol. The van der Waals surface area contributed by atoms with E-state index >= 15 is 0 Å². The fourth-order valence-electron chi connectivity index (χ4n) is 2.53. The van der Waals surface area contributed by atoms with Gasteiger partial charge in [0.1, 0.15) is 11.5 Å². The molecule has 0 amide bonds. The molecule has 1 atom stereocenters. The molecular formula is C15H20O2. The Labute approximate surface area is 103 Å². The van der Waals surface area contributed by atoms with E-state index < -0.39 is 0 Å². The van der Waals surface area contributed by atoms with Gasteiger partial charge in [0.05, 0.1) is 0 Å². The van der Waals surface area contributed by atoms with Gasteiger partial charge in [0.25, 0.3) is 0 Å². The molecule has 1 aliphatic carbocycles. The van der Waals surface area contributed by atoms with Crippen LogP contribution in [0, 0.1) is 0 Å². The zero-order valence-electron chi connectivity index (χ0n) is 10.7. The number of hydrogen-bond acceptors (Lipinski definition) is 2. The first-order valence-electron chi connectivity index (χ1n) is 6.12. The third-order valence-electron chi connectivity index (χ3n) is 3.31. The molecule has 2 N–H and O–H groups in total. The highest BCUT2D eigenvalue weighted by molar-refractivity contribution is 5.51. The lowest BCUT2D eigenvalue weighted by Crippen LogP contribution is -2.12. The maximum Gasteiger partial charge on any atom is 0.123 e. The first kappa shape index (κ1) is 12.0. The van der Waals surface area contributed by atoms with Crippen LogP contribution in [-0.2, 0) is 5.41 Å². The van der Waals surface area contributed by atoms with Crippen molar-refractivity contribution in [2.24, 2.45) is 0 Å². The summed E-state index contributed by atoms with van der Waals surface area (Å²) in [5.74, 6) is 0.737. The highest BCUT2D eigenvalue weighted by atomic mass is 16.3. The number of hydrogen-bond donors (Lipinski definition) is 2. The molecule has 1 aliphatic rings. The molecule has 0 saturated carbocycles. The van der Waals surface area contributed by atoms with Crippen molar-refractivity contribution in [3.63, 3.8) is 0 Å². The molecule has 0 fully saturated rings. The highest BCUT2D eigenvalue weighted by Gasteiger charge is 2.24. The second-order valence-electron chi connectivity index (χ2n) is 5.80. The van der Waals surface area contributed by atoms with Gasteiger partial charge < -0.3 is 10.2 Å². The van der Waals surface area contributed by atoms with Crippen molar-refractivity contribution in [2.45, 2.75) is 44.9 Å². The number of rotatable bonds is 1. The van der Waals surface area contributed by atoms with Crippen molar-refractivity contribution in [2.75, 3.05) is 0 Å². The fraction of sp³-hybridized carbons (Fsp3) is 0.467. The molecule has 1 aromatic carbocycles. The van der Waals surface area contributed by atoms with Crippen molar-refractivity contribution in [1.82, 2.24) is 0 Å². The zero-order valence-corrected chi connectivity index (χ0v) is 10.7. The number of aromatic hydroxyl groups is 2. The first-order valence-corrected chi connectivity index (χ1v) is 6.12. The number of benzene rings is 1. The summed E-state index contributed by atoms with van der Waals surface area (Å²) in [6.45, 7) is 5.95. The van der Waals surface area contributed by atoms with Gasteiger partial charge in [-0.25, -0.2) is 0 Å². The summed E-state index contributed by atoms with van der Waals surface area (Å²) in [5, 5.41) is 20.2. The molecule has 0 spiro atoms. The van der Waals surface area contributed by atoms with Crippen LogP contribution < -0.4 is 0 Å². The number of allylic oxidation sites excluding steroid dienone is 2. The van der Waals surface area contributed by atoms with E-state index in [-0.39, 0.29) is 16.9 Å². The molecule has 0 aromatic heterocycles. The van der Waals surface area contributed by atoms with E-state index in [1.54, 1.807) is 12.1 Å². The average Bonchev–Trinajstić information content (AvgIpc) is 2.66. The Balaban J connectivity index is 2.45. The minimum atomic E-state index is -0.252. The standard InChI is InChI=1S/C15H20O2/c1-15(2,3)14-12(16)8-11(9-13(14)17)10-6-4-5-7-10/h4,6,8-10,16-17H,5,7H2,1-3H3. The largest absolute Gasteiger partial charge is 0.507 e. The van der Waals surface area contributed by atoms with Crippen LogP contribution in [0.4, 0.5) is 0 Å². The summed E-state index contributed by atoms with van der Waals surface area (Å²) in [4.78, 5) is 0. The van der Waals surface area contributed by atoms with Gasteiger partial charge in [-0.05, 0) is 36.0 Å². The summed E-state index contributed by atoms with van der Waals surface area (Å²) in [7, 11) is 0. The summed E-state index contributed by atoms with van der Waals surface area (Å²) < 4.78 is 0. The lowest BCUT2D eigenvalue weighted by molar-refractivity contribution is 0.409. The lowest BCUT2D eigenvalue weighted by Gasteiger charge is -2.23. The van der Waals surface area contributed by atoms with Crippen LogP contribution in [0.25, 0.3) is 0 Å². The first-order chi connectivity index (χ1) is 7.89. The van der Waals surface area contributed by atoms with Crippen molar-refractivity contribution >= 4 is 0 Å². The van der Waals surface area contributed by atoms with Crippen molar-refractivity contribution in [3.8, 4) is 11.5 Å². The summed E-state index contributed by atoms with van der Waals surface area (Å²) >= 11 is 0. The van der Waals surface area contributed by atoms with E-state index in [1.165, 1.54) is 0 Å². The van der Waals surface area contributed by atoms with E-state index in [4.69, 9.17) is 0 Å². The Bertz CT molecular complexity index is 429. The fourth-order valence-corrected chi connectivity index (χ4v) is 2.53. The third kappa shape index (κ3) is 2.31. The Morgan fingerprint density at radius 1 is 1.12 bits per heavy atom. The van der Waals surface area contributed by atoms with Gasteiger partial charge in [-0.2, -0.15) is 0 Å². The highest BCUT2D eigenvalue weighted by Crippen LogP contribution is 2.41. The van der Waals surface area contributed by atoms with Crippen molar-refractivity contribution < 1.29 is 10.2 Å². The molecule has 2 heteroatoms. The lowest BCUT2D eigenvalue weighted by atomic mass is 9.83. The van der Waals surface area contributed by atoms with Crippen LogP contribution in [0.2, 0.25) is 0 Å². The van der Waals surface area contributed by atoms with Gasteiger partial charge in [-0.15, -0.1) is 0 Å². The third-order valence-corrected chi connectivity index (χ3v) is 3.31. The van der Waals surface area contributed by atoms with E-state index in [0.717, 1.165) is 18.4 Å². The minimum absolute atomic E-state index is 0.202. The zero-order chi connectivity index (χ0) is 12.6. The average molecular weight is 232 g/mol. The molecule has 0 radical (unpaired) electrons. The second kappa shape index (κ2) is 4.10. The SMILES string of the molecule is CC(C)(C)c1c(O)cc(C2C=CCC2)cc1O. The molecule has 17 heavy (non-hydrogen) atoms. The Morgan fingerprint density at radius 3 is 2.12 bits per heavy atom. The predicted molar refractivity (Wildman–Crippen MR) is 69.6 cm³/mol. The van der Waals surface area contributed by atoms with Crippen LogP contribution in [-0.4, -0.2) is 10.2 Å². The molecule has 0 bridgehead atoms. The number of phenolic OH excluding ortho intramolecular Hbond substituents is 2. The Morgan fingerprint density at radius 2 is 1.71 bits per heavy atom. The van der Waals surface area contributed by atoms with Gasteiger partial charge in [-0.1, -0.05) is 32.9 Å². The molecule has 92 valence electrons. The van der Waals surface area contributed by atoms with Gasteiger partial charge in [0, 0.05) is 11.5 Å². The van der Waals surface area contributed by atoms with Crippen LogP contribution in [0.5, 0.6) is 11.5 Å². The minimum Gasteiger partial charge on any atom is -0.507 e. The maximum atomic E-state index is 10.1. The molecule has 2 rings (SSSR count). The maximum absolute atomic E-state index is 10.1. The predicted octanol–water partition coefficient (Wildman–Crippen LogP) is 3.83. The molecule has 0 heterocycles. The Hall–Kier alpha value is -1.44. The molecule has 1 aromatic rings. The monoisotopic (exact) mass is 232 g/mol. The summed E-state index contributed by atoms with van der Waals surface area (Å²) in [6, 6.07) is 3.58. The van der Waals surface area contributed by atoms with Crippen molar-refractivity contribution in [1.29, 1.82) is 0 Å². The van der Waals surface area contributed by atoms with E-state index in [1.807, 2.05) is 20.8 Å². The normalized spacial score (nSPS) is 19.8. The second-order valence-corrected chi connectivity index (χ2v) is 5.80. The van der Waals surface area contributed by atoms with Gasteiger partial charge in [-0.3, -0.25) is 0 Å². The summed E-state index contributed by atoms with van der Waals surface area (Å²) in [5.41, 5.74) is 1.38. The van der Waals surface area contributed by atoms with Gasteiger partial charge >= 0.3 is 0 Å².